The Morgan fingerprint density at radius 3 is 2.55 bits per heavy atom. The average Bonchev–Trinajstić information content (AvgIpc) is 2.75. The summed E-state index contributed by atoms with van der Waals surface area (Å²) < 4.78 is 5.74. The van der Waals surface area contributed by atoms with E-state index in [2.05, 4.69) is 20.3 Å². The van der Waals surface area contributed by atoms with Crippen molar-refractivity contribution < 1.29 is 9.66 Å². The topological polar surface area (TPSA) is 129 Å². The summed E-state index contributed by atoms with van der Waals surface area (Å²) in [5.74, 6) is 1.68. The number of nitrogens with zero attached hydrogens (tertiary/aromatic N) is 4. The van der Waals surface area contributed by atoms with Crippen molar-refractivity contribution in [2.45, 2.75) is 0 Å². The van der Waals surface area contributed by atoms with Crippen molar-refractivity contribution in [2.24, 2.45) is 0 Å². The molecule has 3 N–H and O–H groups in total. The molecule has 4 aromatic rings. The van der Waals surface area contributed by atoms with E-state index in [1.54, 1.807) is 48.7 Å². The number of nitrogens with one attached hydrogen (secondary N) is 1. The summed E-state index contributed by atoms with van der Waals surface area (Å²) in [4.78, 5) is 22.8. The van der Waals surface area contributed by atoms with Crippen LogP contribution in [0.4, 0.5) is 23.1 Å². The van der Waals surface area contributed by atoms with Crippen molar-refractivity contribution in [3.05, 3.63) is 88.2 Å². The van der Waals surface area contributed by atoms with Gasteiger partial charge >= 0.3 is 0 Å². The summed E-state index contributed by atoms with van der Waals surface area (Å²) in [7, 11) is 0. The van der Waals surface area contributed by atoms with Gasteiger partial charge < -0.3 is 15.8 Å². The normalized spacial score (nSPS) is 10.5. The van der Waals surface area contributed by atoms with Gasteiger partial charge in [0, 0.05) is 41.7 Å². The Morgan fingerprint density at radius 1 is 1.00 bits per heavy atom. The number of halogens is 1. The SMILES string of the molecule is Nc1nc(Nc2ccc(Oc3ccnc(Cl)c3)cc2)cc(-c2cccc([N+](=O)[O-])c2)n1. The van der Waals surface area contributed by atoms with E-state index in [1.165, 1.54) is 12.1 Å². The molecule has 0 saturated carbocycles. The highest BCUT2D eigenvalue weighted by atomic mass is 35.5. The van der Waals surface area contributed by atoms with E-state index in [1.807, 2.05) is 12.1 Å². The van der Waals surface area contributed by atoms with Crippen molar-refractivity contribution in [2.75, 3.05) is 11.1 Å². The average molecular weight is 435 g/mol. The Bertz CT molecular complexity index is 1250. The maximum Gasteiger partial charge on any atom is 0.270 e. The number of nitro benzene ring substituents is 1. The lowest BCUT2D eigenvalue weighted by Crippen LogP contribution is -2.01. The molecule has 0 aliphatic rings. The molecule has 0 bridgehead atoms. The summed E-state index contributed by atoms with van der Waals surface area (Å²) in [6.07, 6.45) is 1.56. The van der Waals surface area contributed by atoms with Crippen LogP contribution >= 0.6 is 11.6 Å². The Kier molecular flexibility index (Phi) is 5.59. The molecule has 0 spiro atoms. The minimum atomic E-state index is -0.462. The minimum absolute atomic E-state index is 0.0322. The van der Waals surface area contributed by atoms with Crippen LogP contribution in [-0.4, -0.2) is 19.9 Å². The largest absolute Gasteiger partial charge is 0.457 e. The first kappa shape index (κ1) is 20.0. The maximum absolute atomic E-state index is 11.0. The van der Waals surface area contributed by atoms with Gasteiger partial charge in [0.1, 0.15) is 22.5 Å². The lowest BCUT2D eigenvalue weighted by molar-refractivity contribution is -0.384. The highest BCUT2D eigenvalue weighted by Gasteiger charge is 2.10. The highest BCUT2D eigenvalue weighted by Crippen LogP contribution is 2.28. The van der Waals surface area contributed by atoms with Crippen LogP contribution in [0.2, 0.25) is 5.15 Å². The summed E-state index contributed by atoms with van der Waals surface area (Å²) in [5.41, 5.74) is 7.57. The van der Waals surface area contributed by atoms with E-state index < -0.39 is 4.92 Å². The van der Waals surface area contributed by atoms with Crippen LogP contribution in [0.3, 0.4) is 0 Å². The molecule has 0 atom stereocenters. The van der Waals surface area contributed by atoms with Crippen LogP contribution in [0.5, 0.6) is 11.5 Å². The van der Waals surface area contributed by atoms with Gasteiger partial charge in [0.25, 0.3) is 5.69 Å². The second kappa shape index (κ2) is 8.64. The molecule has 0 fully saturated rings. The number of rotatable bonds is 6. The Hall–Kier alpha value is -4.24. The molecule has 31 heavy (non-hydrogen) atoms. The van der Waals surface area contributed by atoms with Crippen LogP contribution in [0.15, 0.2) is 72.9 Å². The third kappa shape index (κ3) is 5.03. The number of nitrogen functional groups attached to an aromatic ring is 1. The zero-order valence-electron chi connectivity index (χ0n) is 15.9. The van der Waals surface area contributed by atoms with Crippen LogP contribution in [0.1, 0.15) is 0 Å². The Balaban J connectivity index is 1.53. The van der Waals surface area contributed by atoms with Gasteiger partial charge in [-0.05, 0) is 30.3 Å². The van der Waals surface area contributed by atoms with Gasteiger partial charge in [-0.25, -0.2) is 9.97 Å². The quantitative estimate of drug-likeness (QED) is 0.240. The predicted molar refractivity (Wildman–Crippen MR) is 118 cm³/mol. The minimum Gasteiger partial charge on any atom is -0.457 e. The highest BCUT2D eigenvalue weighted by molar-refractivity contribution is 6.29. The molecule has 0 unspecified atom stereocenters. The van der Waals surface area contributed by atoms with E-state index in [-0.39, 0.29) is 11.6 Å². The van der Waals surface area contributed by atoms with Gasteiger partial charge in [-0.15, -0.1) is 0 Å². The van der Waals surface area contributed by atoms with E-state index in [0.717, 1.165) is 5.69 Å². The first-order chi connectivity index (χ1) is 15.0. The monoisotopic (exact) mass is 434 g/mol. The number of hydrogen-bond acceptors (Lipinski definition) is 8. The molecule has 0 saturated heterocycles. The number of benzene rings is 2. The molecule has 0 amide bonds. The molecular weight excluding hydrogens is 420 g/mol. The molecule has 0 radical (unpaired) electrons. The molecule has 0 aliphatic carbocycles. The molecular formula is C21H15ClN6O3. The summed E-state index contributed by atoms with van der Waals surface area (Å²) in [6, 6.07) is 18.3. The third-order valence-electron chi connectivity index (χ3n) is 4.16. The van der Waals surface area contributed by atoms with Crippen molar-refractivity contribution in [1.82, 2.24) is 15.0 Å². The Morgan fingerprint density at radius 2 is 1.81 bits per heavy atom. The Labute approximate surface area is 181 Å². The molecule has 154 valence electrons. The first-order valence-electron chi connectivity index (χ1n) is 9.02. The van der Waals surface area contributed by atoms with E-state index in [4.69, 9.17) is 22.1 Å². The number of ether oxygens (including phenoxy) is 1. The summed E-state index contributed by atoms with van der Waals surface area (Å²) in [5, 5.41) is 14.5. The molecule has 2 heterocycles. The standard InChI is InChI=1S/C21H15ClN6O3/c22-19-11-17(8-9-24-19)31-16-6-4-14(5-7-16)25-20-12-18(26-21(23)27-20)13-2-1-3-15(10-13)28(29)30/h1-12H,(H3,23,25,26,27). The number of nitrogens with two attached hydrogens (primary N) is 1. The number of hydrogen-bond donors (Lipinski definition) is 2. The lowest BCUT2D eigenvalue weighted by atomic mass is 10.1. The van der Waals surface area contributed by atoms with Gasteiger partial charge in [-0.2, -0.15) is 4.98 Å². The van der Waals surface area contributed by atoms with Crippen LogP contribution in [0.25, 0.3) is 11.3 Å². The number of non-ortho nitro benzene ring substituents is 1. The predicted octanol–water partition coefficient (Wildman–Crippen LogP) is 5.22. The molecule has 2 aromatic heterocycles. The zero-order valence-corrected chi connectivity index (χ0v) is 16.7. The number of nitro groups is 1. The second-order valence-corrected chi connectivity index (χ2v) is 6.76. The molecule has 4 rings (SSSR count). The molecule has 2 aromatic carbocycles. The lowest BCUT2D eigenvalue weighted by Gasteiger charge is -2.10. The molecule has 0 aliphatic heterocycles. The van der Waals surface area contributed by atoms with Gasteiger partial charge in [0.15, 0.2) is 0 Å². The van der Waals surface area contributed by atoms with E-state index >= 15 is 0 Å². The summed E-state index contributed by atoms with van der Waals surface area (Å²) in [6.45, 7) is 0. The number of aromatic nitrogens is 3. The van der Waals surface area contributed by atoms with E-state index in [0.29, 0.717) is 33.7 Å². The van der Waals surface area contributed by atoms with Gasteiger partial charge in [-0.1, -0.05) is 23.7 Å². The van der Waals surface area contributed by atoms with Crippen LogP contribution in [0, 0.1) is 10.1 Å². The van der Waals surface area contributed by atoms with Crippen molar-refractivity contribution in [3.8, 4) is 22.8 Å². The van der Waals surface area contributed by atoms with Crippen molar-refractivity contribution in [3.63, 3.8) is 0 Å². The first-order valence-corrected chi connectivity index (χ1v) is 9.40. The fourth-order valence-electron chi connectivity index (χ4n) is 2.80. The van der Waals surface area contributed by atoms with Crippen LogP contribution in [-0.2, 0) is 0 Å². The number of pyridine rings is 1. The summed E-state index contributed by atoms with van der Waals surface area (Å²) >= 11 is 5.86. The van der Waals surface area contributed by atoms with Gasteiger partial charge in [0.05, 0.1) is 10.6 Å². The van der Waals surface area contributed by atoms with Crippen LogP contribution < -0.4 is 15.8 Å². The second-order valence-electron chi connectivity index (χ2n) is 6.37. The van der Waals surface area contributed by atoms with Gasteiger partial charge in [0.2, 0.25) is 5.95 Å². The molecule has 9 nitrogen and oxygen atoms in total. The van der Waals surface area contributed by atoms with Crippen molar-refractivity contribution >= 4 is 34.7 Å². The van der Waals surface area contributed by atoms with E-state index in [9.17, 15) is 10.1 Å². The smallest absolute Gasteiger partial charge is 0.270 e. The zero-order chi connectivity index (χ0) is 21.8. The maximum atomic E-state index is 11.0. The van der Waals surface area contributed by atoms with Gasteiger partial charge in [-0.3, -0.25) is 10.1 Å². The van der Waals surface area contributed by atoms with Crippen molar-refractivity contribution in [1.29, 1.82) is 0 Å². The fourth-order valence-corrected chi connectivity index (χ4v) is 2.96. The number of anilines is 3. The molecule has 10 heteroatoms. The third-order valence-corrected chi connectivity index (χ3v) is 4.36. The fraction of sp³-hybridized carbons (Fsp3) is 0.